The molecule has 0 bridgehead atoms. The molecule has 0 fully saturated rings. The molecule has 0 unspecified atom stereocenters. The summed E-state index contributed by atoms with van der Waals surface area (Å²) in [6.45, 7) is 6.43. The maximum atomic E-state index is 11.9. The van der Waals surface area contributed by atoms with Gasteiger partial charge in [0.15, 0.2) is 0 Å². The van der Waals surface area contributed by atoms with Crippen LogP contribution in [0.5, 0.6) is 0 Å². The molecule has 1 aromatic carbocycles. The van der Waals surface area contributed by atoms with E-state index in [9.17, 15) is 8.42 Å². The van der Waals surface area contributed by atoms with Crippen LogP contribution in [-0.4, -0.2) is 35.0 Å². The summed E-state index contributed by atoms with van der Waals surface area (Å²) in [5.74, 6) is 0. The topological polar surface area (TPSA) is 84.0 Å². The third-order valence-corrected chi connectivity index (χ3v) is 6.29. The van der Waals surface area contributed by atoms with E-state index in [2.05, 4.69) is 18.8 Å². The Morgan fingerprint density at radius 2 is 1.83 bits per heavy atom. The molecule has 6 nitrogen and oxygen atoms in total. The number of fused-ring (bicyclic) bond motifs is 1. The van der Waals surface area contributed by atoms with Gasteiger partial charge in [0.2, 0.25) is 10.0 Å². The summed E-state index contributed by atoms with van der Waals surface area (Å²) < 4.78 is 34.2. The number of rotatable bonds is 8. The third-order valence-electron chi connectivity index (χ3n) is 3.55. The largest absolute Gasteiger partial charge is 0.383 e. The normalized spacial score (nSPS) is 12.7. The highest BCUT2D eigenvalue weighted by molar-refractivity contribution is 7.90. The predicted molar refractivity (Wildman–Crippen MR) is 96.4 cm³/mol. The molecular weight excluding hydrogens is 332 g/mol. The summed E-state index contributed by atoms with van der Waals surface area (Å²) in [7, 11) is -3.23. The van der Waals surface area contributed by atoms with Crippen molar-refractivity contribution in [3.05, 3.63) is 18.2 Å². The summed E-state index contributed by atoms with van der Waals surface area (Å²) in [6.07, 6.45) is 2.77. The molecule has 128 valence electrons. The Balaban J connectivity index is 1.66. The van der Waals surface area contributed by atoms with Crippen LogP contribution < -0.4 is 10.0 Å². The average molecular weight is 357 g/mol. The monoisotopic (exact) mass is 356 g/mol. The first-order chi connectivity index (χ1) is 10.8. The fraction of sp³-hybridized carbons (Fsp3) is 0.600. The van der Waals surface area contributed by atoms with Crippen LogP contribution in [0.15, 0.2) is 18.2 Å². The van der Waals surface area contributed by atoms with E-state index in [1.54, 1.807) is 20.8 Å². The Bertz CT molecular complexity index is 735. The van der Waals surface area contributed by atoms with Crippen molar-refractivity contribution in [3.8, 4) is 0 Å². The van der Waals surface area contributed by atoms with Crippen molar-refractivity contribution in [1.29, 1.82) is 0 Å². The number of benzene rings is 1. The first-order valence-corrected chi connectivity index (χ1v) is 9.97. The van der Waals surface area contributed by atoms with E-state index >= 15 is 0 Å². The van der Waals surface area contributed by atoms with E-state index in [1.165, 1.54) is 11.7 Å². The molecule has 2 rings (SSSR count). The first kappa shape index (κ1) is 18.1. The summed E-state index contributed by atoms with van der Waals surface area (Å²) in [4.78, 5) is 0. The summed E-state index contributed by atoms with van der Waals surface area (Å²) >= 11 is 1.22. The number of sulfonamides is 1. The highest BCUT2D eigenvalue weighted by atomic mass is 32.2. The molecule has 0 aliphatic rings. The zero-order chi connectivity index (χ0) is 16.9. The van der Waals surface area contributed by atoms with E-state index in [0.29, 0.717) is 6.54 Å². The van der Waals surface area contributed by atoms with Crippen molar-refractivity contribution in [1.82, 2.24) is 13.5 Å². The highest BCUT2D eigenvalue weighted by Crippen LogP contribution is 2.21. The standard InChI is InChI=1S/C15H24N4O2S2/c1-15(2,3)23(20,21)17-11-6-4-5-10-16-12-8-7-9-13-14(12)19-22-18-13/h7-9,16-17H,4-6,10-11H2,1-3H3. The summed E-state index contributed by atoms with van der Waals surface area (Å²) in [5.41, 5.74) is 2.83. The Kier molecular flexibility index (Phi) is 5.94. The van der Waals surface area contributed by atoms with Crippen molar-refractivity contribution >= 4 is 38.5 Å². The van der Waals surface area contributed by atoms with Crippen molar-refractivity contribution < 1.29 is 8.42 Å². The molecule has 0 saturated heterocycles. The number of hydrogen-bond donors (Lipinski definition) is 2. The molecule has 2 N–H and O–H groups in total. The number of unbranched alkanes of at least 4 members (excludes halogenated alkanes) is 2. The molecule has 0 amide bonds. The number of aromatic nitrogens is 2. The maximum absolute atomic E-state index is 11.9. The predicted octanol–water partition coefficient (Wildman–Crippen LogP) is 2.99. The third kappa shape index (κ3) is 4.86. The fourth-order valence-electron chi connectivity index (χ4n) is 2.02. The molecule has 1 heterocycles. The lowest BCUT2D eigenvalue weighted by Gasteiger charge is -2.19. The molecule has 0 aliphatic carbocycles. The van der Waals surface area contributed by atoms with Crippen molar-refractivity contribution in [3.63, 3.8) is 0 Å². The van der Waals surface area contributed by atoms with Gasteiger partial charge in [0.1, 0.15) is 11.0 Å². The van der Waals surface area contributed by atoms with Gasteiger partial charge in [-0.05, 0) is 45.7 Å². The van der Waals surface area contributed by atoms with Crippen LogP contribution in [0.2, 0.25) is 0 Å². The molecule has 2 aromatic rings. The van der Waals surface area contributed by atoms with Crippen LogP contribution in [0.1, 0.15) is 40.0 Å². The molecule has 8 heteroatoms. The van der Waals surface area contributed by atoms with E-state index in [4.69, 9.17) is 0 Å². The van der Waals surface area contributed by atoms with Gasteiger partial charge in [-0.2, -0.15) is 8.75 Å². The Morgan fingerprint density at radius 3 is 2.57 bits per heavy atom. The van der Waals surface area contributed by atoms with Crippen LogP contribution in [0.4, 0.5) is 5.69 Å². The van der Waals surface area contributed by atoms with Crippen LogP contribution in [0.3, 0.4) is 0 Å². The van der Waals surface area contributed by atoms with Crippen molar-refractivity contribution in [2.75, 3.05) is 18.4 Å². The summed E-state index contributed by atoms with van der Waals surface area (Å²) in [5, 5.41) is 3.37. The lowest BCUT2D eigenvalue weighted by molar-refractivity contribution is 0.540. The SMILES string of the molecule is CC(C)(C)S(=O)(=O)NCCCCCNc1cccc2nsnc12. The van der Waals surface area contributed by atoms with Crippen LogP contribution >= 0.6 is 11.7 Å². The summed E-state index contributed by atoms with van der Waals surface area (Å²) in [6, 6.07) is 5.92. The lowest BCUT2D eigenvalue weighted by atomic mass is 10.2. The van der Waals surface area contributed by atoms with Gasteiger partial charge >= 0.3 is 0 Å². The number of nitrogens with one attached hydrogen (secondary N) is 2. The van der Waals surface area contributed by atoms with Crippen LogP contribution in [0.25, 0.3) is 11.0 Å². The second kappa shape index (κ2) is 7.55. The van der Waals surface area contributed by atoms with Gasteiger partial charge in [-0.25, -0.2) is 13.1 Å². The van der Waals surface area contributed by atoms with Gasteiger partial charge in [0, 0.05) is 13.1 Å². The highest BCUT2D eigenvalue weighted by Gasteiger charge is 2.27. The Labute approximate surface area is 142 Å². The van der Waals surface area contributed by atoms with Crippen molar-refractivity contribution in [2.45, 2.75) is 44.8 Å². The van der Waals surface area contributed by atoms with E-state index in [-0.39, 0.29) is 0 Å². The molecule has 0 saturated carbocycles. The van der Waals surface area contributed by atoms with E-state index in [0.717, 1.165) is 42.5 Å². The van der Waals surface area contributed by atoms with Gasteiger partial charge in [0.05, 0.1) is 22.2 Å². The zero-order valence-electron chi connectivity index (χ0n) is 13.8. The Hall–Kier alpha value is -1.25. The van der Waals surface area contributed by atoms with Gasteiger partial charge in [-0.3, -0.25) is 0 Å². The zero-order valence-corrected chi connectivity index (χ0v) is 15.4. The smallest absolute Gasteiger partial charge is 0.216 e. The molecule has 0 radical (unpaired) electrons. The molecule has 1 aromatic heterocycles. The maximum Gasteiger partial charge on any atom is 0.216 e. The van der Waals surface area contributed by atoms with Gasteiger partial charge in [0.25, 0.3) is 0 Å². The van der Waals surface area contributed by atoms with Crippen LogP contribution in [0, 0.1) is 0 Å². The average Bonchev–Trinajstić information content (AvgIpc) is 2.94. The minimum absolute atomic E-state index is 0.491. The van der Waals surface area contributed by atoms with E-state index < -0.39 is 14.8 Å². The van der Waals surface area contributed by atoms with Gasteiger partial charge in [-0.15, -0.1) is 0 Å². The van der Waals surface area contributed by atoms with Gasteiger partial charge in [-0.1, -0.05) is 12.5 Å². The van der Waals surface area contributed by atoms with Crippen LogP contribution in [-0.2, 0) is 10.0 Å². The molecule has 0 spiro atoms. The molecular formula is C15H24N4O2S2. The fourth-order valence-corrected chi connectivity index (χ4v) is 3.42. The minimum atomic E-state index is -3.23. The van der Waals surface area contributed by atoms with Crippen molar-refractivity contribution in [2.24, 2.45) is 0 Å². The molecule has 0 aliphatic heterocycles. The minimum Gasteiger partial charge on any atom is -0.383 e. The number of anilines is 1. The quantitative estimate of drug-likeness (QED) is 0.710. The second-order valence-corrected chi connectivity index (χ2v) is 9.48. The molecule has 0 atom stereocenters. The lowest BCUT2D eigenvalue weighted by Crippen LogP contribution is -2.39. The Morgan fingerprint density at radius 1 is 1.09 bits per heavy atom. The number of nitrogens with zero attached hydrogens (tertiary/aromatic N) is 2. The first-order valence-electron chi connectivity index (χ1n) is 7.76. The van der Waals surface area contributed by atoms with E-state index in [1.807, 2.05) is 18.2 Å². The number of hydrogen-bond acceptors (Lipinski definition) is 6. The van der Waals surface area contributed by atoms with Gasteiger partial charge < -0.3 is 5.32 Å². The second-order valence-electron chi connectivity index (χ2n) is 6.44. The molecule has 23 heavy (non-hydrogen) atoms.